The van der Waals surface area contributed by atoms with Gasteiger partial charge in [0.05, 0.1) is 0 Å². The van der Waals surface area contributed by atoms with Crippen LogP contribution in [0.15, 0.2) is 47.5 Å². The molecule has 1 heteroatoms. The third kappa shape index (κ3) is 2.24. The smallest absolute Gasteiger partial charge is 0.0443 e. The largest absolute Gasteiger partial charge is 0.290 e. The normalized spacial score (nSPS) is 11.7. The lowest BCUT2D eigenvalue weighted by Gasteiger charge is -2.01. The zero-order valence-electron chi connectivity index (χ0n) is 9.14. The minimum absolute atomic E-state index is 0.351. The van der Waals surface area contributed by atoms with Gasteiger partial charge in [0.2, 0.25) is 0 Å². The zero-order chi connectivity index (χ0) is 10.7. The minimum atomic E-state index is 0.351. The number of rotatable bonds is 2. The Bertz CT molecular complexity index is 478. The maximum atomic E-state index is 4.42. The van der Waals surface area contributed by atoms with Crippen LogP contribution in [-0.4, -0.2) is 12.3 Å². The van der Waals surface area contributed by atoms with Gasteiger partial charge in [-0.2, -0.15) is 0 Å². The number of hydrogen-bond donors (Lipinski definition) is 0. The molecule has 0 aliphatic carbocycles. The van der Waals surface area contributed by atoms with Crippen LogP contribution >= 0.6 is 0 Å². The van der Waals surface area contributed by atoms with E-state index in [2.05, 4.69) is 61.3 Å². The van der Waals surface area contributed by atoms with Gasteiger partial charge in [-0.15, -0.1) is 0 Å². The predicted octanol–water partition coefficient (Wildman–Crippen LogP) is 3.67. The summed E-state index contributed by atoms with van der Waals surface area (Å²) in [6.07, 6.45) is 1.97. The van der Waals surface area contributed by atoms with Crippen molar-refractivity contribution in [2.24, 2.45) is 4.99 Å². The summed E-state index contributed by atoms with van der Waals surface area (Å²) in [6.45, 7) is 4.17. The van der Waals surface area contributed by atoms with Crippen LogP contribution in [0.4, 0.5) is 0 Å². The Morgan fingerprint density at radius 2 is 1.73 bits per heavy atom. The first-order chi connectivity index (χ1) is 7.27. The Balaban J connectivity index is 2.51. The quantitative estimate of drug-likeness (QED) is 0.651. The highest BCUT2D eigenvalue weighted by Crippen LogP contribution is 2.16. The Kier molecular flexibility index (Phi) is 2.82. The lowest BCUT2D eigenvalue weighted by molar-refractivity contribution is 0.841. The van der Waals surface area contributed by atoms with Crippen LogP contribution < -0.4 is 0 Å². The van der Waals surface area contributed by atoms with Gasteiger partial charge in [-0.1, -0.05) is 42.5 Å². The van der Waals surface area contributed by atoms with Crippen molar-refractivity contribution < 1.29 is 0 Å². The van der Waals surface area contributed by atoms with E-state index in [4.69, 9.17) is 0 Å². The summed E-state index contributed by atoms with van der Waals surface area (Å²) in [7, 11) is 0. The van der Waals surface area contributed by atoms with E-state index >= 15 is 0 Å². The maximum Gasteiger partial charge on any atom is 0.0443 e. The van der Waals surface area contributed by atoms with Gasteiger partial charge in [0.1, 0.15) is 0 Å². The second-order valence-electron chi connectivity index (χ2n) is 3.94. The van der Waals surface area contributed by atoms with Crippen molar-refractivity contribution in [1.29, 1.82) is 0 Å². The van der Waals surface area contributed by atoms with Crippen molar-refractivity contribution in [3.05, 3.63) is 48.0 Å². The van der Waals surface area contributed by atoms with Gasteiger partial charge < -0.3 is 0 Å². The number of fused-ring (bicyclic) bond motifs is 1. The molecule has 0 unspecified atom stereocenters. The molecule has 0 fully saturated rings. The fourth-order valence-corrected chi connectivity index (χ4v) is 1.59. The molecule has 0 saturated carbocycles. The highest BCUT2D eigenvalue weighted by Gasteiger charge is 1.96. The third-order valence-electron chi connectivity index (χ3n) is 2.34. The van der Waals surface area contributed by atoms with E-state index < -0.39 is 0 Å². The van der Waals surface area contributed by atoms with Crippen molar-refractivity contribution >= 4 is 17.0 Å². The van der Waals surface area contributed by atoms with E-state index in [1.807, 2.05) is 6.21 Å². The van der Waals surface area contributed by atoms with Crippen LogP contribution in [0.1, 0.15) is 19.4 Å². The average molecular weight is 197 g/mol. The van der Waals surface area contributed by atoms with E-state index in [1.54, 1.807) is 0 Å². The first kappa shape index (κ1) is 9.91. The molecule has 2 aromatic rings. The molecule has 0 radical (unpaired) electrons. The van der Waals surface area contributed by atoms with Crippen molar-refractivity contribution in [3.63, 3.8) is 0 Å². The summed E-state index contributed by atoms with van der Waals surface area (Å²) in [6, 6.07) is 15.0. The molecule has 0 atom stereocenters. The van der Waals surface area contributed by atoms with E-state index in [9.17, 15) is 0 Å². The lowest BCUT2D eigenvalue weighted by Crippen LogP contribution is -1.91. The molecule has 0 aliphatic rings. The maximum absolute atomic E-state index is 4.42. The first-order valence-corrected chi connectivity index (χ1v) is 5.28. The molecule has 76 valence electrons. The van der Waals surface area contributed by atoms with Gasteiger partial charge in [0.15, 0.2) is 0 Å². The summed E-state index contributed by atoms with van der Waals surface area (Å²) in [5.41, 5.74) is 1.20. The molecule has 2 aromatic carbocycles. The van der Waals surface area contributed by atoms with Crippen LogP contribution in [-0.2, 0) is 0 Å². The molecular formula is C14H15N. The van der Waals surface area contributed by atoms with Crippen LogP contribution in [0, 0.1) is 0 Å². The summed E-state index contributed by atoms with van der Waals surface area (Å²) in [5.74, 6) is 0. The molecule has 0 N–H and O–H groups in total. The minimum Gasteiger partial charge on any atom is -0.290 e. The highest BCUT2D eigenvalue weighted by molar-refractivity contribution is 5.99. The monoisotopic (exact) mass is 197 g/mol. The fraction of sp³-hybridized carbons (Fsp3) is 0.214. The van der Waals surface area contributed by atoms with Gasteiger partial charge in [-0.25, -0.2) is 0 Å². The Hall–Kier alpha value is -1.63. The Morgan fingerprint density at radius 1 is 1.00 bits per heavy atom. The van der Waals surface area contributed by atoms with Gasteiger partial charge in [0, 0.05) is 17.8 Å². The van der Waals surface area contributed by atoms with Crippen molar-refractivity contribution in [1.82, 2.24) is 0 Å². The molecule has 0 aromatic heterocycles. The van der Waals surface area contributed by atoms with E-state index in [-0.39, 0.29) is 0 Å². The molecule has 0 bridgehead atoms. The van der Waals surface area contributed by atoms with Crippen molar-refractivity contribution in [2.75, 3.05) is 0 Å². The molecule has 0 amide bonds. The molecule has 0 saturated heterocycles. The topological polar surface area (TPSA) is 12.4 Å². The summed E-state index contributed by atoms with van der Waals surface area (Å²) in [5, 5.41) is 2.54. The predicted molar refractivity (Wildman–Crippen MR) is 66.7 cm³/mol. The van der Waals surface area contributed by atoms with Crippen molar-refractivity contribution in [3.8, 4) is 0 Å². The molecule has 15 heavy (non-hydrogen) atoms. The summed E-state index contributed by atoms with van der Waals surface area (Å²) < 4.78 is 0. The first-order valence-electron chi connectivity index (χ1n) is 5.28. The van der Waals surface area contributed by atoms with E-state index in [0.29, 0.717) is 6.04 Å². The molecule has 2 rings (SSSR count). The molecule has 0 spiro atoms. The Labute approximate surface area is 90.5 Å². The lowest BCUT2D eigenvalue weighted by atomic mass is 10.1. The van der Waals surface area contributed by atoms with Crippen LogP contribution in [0.3, 0.4) is 0 Å². The van der Waals surface area contributed by atoms with E-state index in [0.717, 1.165) is 0 Å². The molecule has 1 nitrogen and oxygen atoms in total. The summed E-state index contributed by atoms with van der Waals surface area (Å²) in [4.78, 5) is 4.42. The zero-order valence-corrected chi connectivity index (χ0v) is 9.14. The van der Waals surface area contributed by atoms with Crippen LogP contribution in [0.25, 0.3) is 10.8 Å². The Morgan fingerprint density at radius 3 is 2.53 bits per heavy atom. The number of benzene rings is 2. The summed E-state index contributed by atoms with van der Waals surface area (Å²) >= 11 is 0. The average Bonchev–Trinajstić information content (AvgIpc) is 2.26. The van der Waals surface area contributed by atoms with Crippen molar-refractivity contribution in [2.45, 2.75) is 19.9 Å². The SMILES string of the molecule is CC(C)N=Cc1cccc2ccccc12. The fourth-order valence-electron chi connectivity index (χ4n) is 1.59. The standard InChI is InChI=1S/C14H15N/c1-11(2)15-10-13-8-5-7-12-6-3-4-9-14(12)13/h3-11H,1-2H3. The van der Waals surface area contributed by atoms with Crippen LogP contribution in [0.2, 0.25) is 0 Å². The number of aliphatic imine (C=N–C) groups is 1. The van der Waals surface area contributed by atoms with Crippen LogP contribution in [0.5, 0.6) is 0 Å². The van der Waals surface area contributed by atoms with Gasteiger partial charge in [-0.05, 0) is 24.6 Å². The van der Waals surface area contributed by atoms with Gasteiger partial charge in [-0.3, -0.25) is 4.99 Å². The molecule has 0 heterocycles. The number of hydrogen-bond acceptors (Lipinski definition) is 1. The molecular weight excluding hydrogens is 182 g/mol. The number of nitrogens with zero attached hydrogens (tertiary/aromatic N) is 1. The van der Waals surface area contributed by atoms with Gasteiger partial charge in [0.25, 0.3) is 0 Å². The second-order valence-corrected chi connectivity index (χ2v) is 3.94. The van der Waals surface area contributed by atoms with Gasteiger partial charge >= 0.3 is 0 Å². The van der Waals surface area contributed by atoms with E-state index in [1.165, 1.54) is 16.3 Å². The second kappa shape index (κ2) is 4.26. The highest BCUT2D eigenvalue weighted by atomic mass is 14.7. The third-order valence-corrected chi connectivity index (χ3v) is 2.34. The molecule has 0 aliphatic heterocycles.